The molecule has 0 atom stereocenters. The van der Waals surface area contributed by atoms with Crippen LogP contribution in [0.4, 0.5) is 0 Å². The molecular weight excluding hydrogens is 339 g/mol. The van der Waals surface area contributed by atoms with Crippen LogP contribution in [0, 0.1) is 0 Å². The average molecular weight is 355 g/mol. The molecule has 0 N–H and O–H groups in total. The second-order valence-corrected chi connectivity index (χ2v) is 8.24. The van der Waals surface area contributed by atoms with Crippen molar-refractivity contribution >= 4 is 26.5 Å². The van der Waals surface area contributed by atoms with Crippen LogP contribution in [-0.4, -0.2) is 37.6 Å². The van der Waals surface area contributed by atoms with Gasteiger partial charge in [0.05, 0.1) is 0 Å². The predicted octanol–water partition coefficient (Wildman–Crippen LogP) is 2.95. The topological polar surface area (TPSA) is 44.2 Å². The van der Waals surface area contributed by atoms with Gasteiger partial charge in [0.15, 0.2) is 0 Å². The van der Waals surface area contributed by atoms with E-state index in [2.05, 4.69) is 29.1 Å². The molecular formula is C14H16N2O2SSe. The molecule has 1 aromatic carbocycles. The van der Waals surface area contributed by atoms with Gasteiger partial charge in [-0.2, -0.15) is 0 Å². The normalized spacial score (nSPS) is 15.4. The zero-order valence-electron chi connectivity index (χ0n) is 11.9. The van der Waals surface area contributed by atoms with Crippen molar-refractivity contribution in [1.29, 1.82) is 0 Å². The molecule has 1 aliphatic heterocycles. The van der Waals surface area contributed by atoms with Crippen LogP contribution in [0.3, 0.4) is 0 Å². The van der Waals surface area contributed by atoms with Gasteiger partial charge in [0.2, 0.25) is 0 Å². The molecule has 0 amide bonds. The van der Waals surface area contributed by atoms with E-state index in [1.54, 1.807) is 7.11 Å². The van der Waals surface area contributed by atoms with Crippen LogP contribution in [0.15, 0.2) is 17.0 Å². The number of ether oxygens (including phenoxy) is 2. The number of benzene rings is 1. The van der Waals surface area contributed by atoms with Gasteiger partial charge < -0.3 is 0 Å². The summed E-state index contributed by atoms with van der Waals surface area (Å²) in [6.07, 6.45) is 0. The summed E-state index contributed by atoms with van der Waals surface area (Å²) in [5.41, 5.74) is 2.15. The van der Waals surface area contributed by atoms with Crippen molar-refractivity contribution < 1.29 is 9.47 Å². The van der Waals surface area contributed by atoms with Crippen molar-refractivity contribution in [1.82, 2.24) is 9.19 Å². The first-order valence-corrected chi connectivity index (χ1v) is 8.87. The molecule has 0 bridgehead atoms. The SMILES string of the molecule is CCOc1cc2c(cc1OC)-c1nn[se]c1C(C)(C)S2. The molecule has 0 saturated heterocycles. The summed E-state index contributed by atoms with van der Waals surface area (Å²) in [6.45, 7) is 7.07. The fraction of sp³-hybridized carbons (Fsp3) is 0.429. The summed E-state index contributed by atoms with van der Waals surface area (Å²) in [5.74, 6) is 1.55. The van der Waals surface area contributed by atoms with E-state index in [1.165, 1.54) is 9.33 Å². The van der Waals surface area contributed by atoms with Crippen molar-refractivity contribution in [2.24, 2.45) is 0 Å². The van der Waals surface area contributed by atoms with Gasteiger partial charge >= 0.3 is 129 Å². The van der Waals surface area contributed by atoms with Gasteiger partial charge in [-0.3, -0.25) is 0 Å². The molecule has 4 nitrogen and oxygen atoms in total. The predicted molar refractivity (Wildman–Crippen MR) is 81.0 cm³/mol. The third-order valence-electron chi connectivity index (χ3n) is 3.22. The molecule has 6 heteroatoms. The Bertz CT molecular complexity index is 655. The van der Waals surface area contributed by atoms with E-state index in [4.69, 9.17) is 9.47 Å². The van der Waals surface area contributed by atoms with E-state index in [0.717, 1.165) is 22.8 Å². The van der Waals surface area contributed by atoms with Gasteiger partial charge in [-0.15, -0.1) is 0 Å². The molecule has 2 aromatic rings. The molecule has 3 rings (SSSR count). The number of hydrogen-bond donors (Lipinski definition) is 0. The Kier molecular flexibility index (Phi) is 3.56. The van der Waals surface area contributed by atoms with Crippen LogP contribution in [0.2, 0.25) is 0 Å². The molecule has 0 spiro atoms. The Balaban J connectivity index is 2.19. The van der Waals surface area contributed by atoms with Gasteiger partial charge in [-0.05, 0) is 0 Å². The summed E-state index contributed by atoms with van der Waals surface area (Å²) in [4.78, 5) is 1.19. The average Bonchev–Trinajstić information content (AvgIpc) is 2.89. The zero-order valence-corrected chi connectivity index (χ0v) is 14.4. The van der Waals surface area contributed by atoms with E-state index in [0.29, 0.717) is 6.61 Å². The second-order valence-electron chi connectivity index (χ2n) is 5.00. The number of methoxy groups -OCH3 is 1. The Labute approximate surface area is 128 Å². The molecule has 0 radical (unpaired) electrons. The molecule has 0 fully saturated rings. The van der Waals surface area contributed by atoms with Crippen molar-refractivity contribution in [2.45, 2.75) is 30.4 Å². The molecule has 0 saturated carbocycles. The first kappa shape index (κ1) is 14.0. The van der Waals surface area contributed by atoms with E-state index < -0.39 is 0 Å². The Morgan fingerprint density at radius 1 is 1.30 bits per heavy atom. The fourth-order valence-corrected chi connectivity index (χ4v) is 5.34. The van der Waals surface area contributed by atoms with Gasteiger partial charge in [0, 0.05) is 0 Å². The van der Waals surface area contributed by atoms with Gasteiger partial charge in [0.25, 0.3) is 0 Å². The van der Waals surface area contributed by atoms with Crippen molar-refractivity contribution in [3.05, 3.63) is 16.6 Å². The minimum absolute atomic E-state index is 0.0455. The van der Waals surface area contributed by atoms with Crippen LogP contribution in [0.25, 0.3) is 11.3 Å². The van der Waals surface area contributed by atoms with Gasteiger partial charge in [-0.25, -0.2) is 0 Å². The quantitative estimate of drug-likeness (QED) is 0.792. The van der Waals surface area contributed by atoms with Crippen LogP contribution in [0.5, 0.6) is 11.5 Å². The van der Waals surface area contributed by atoms with Crippen LogP contribution >= 0.6 is 11.8 Å². The van der Waals surface area contributed by atoms with Crippen LogP contribution < -0.4 is 9.47 Å². The number of aromatic nitrogens is 2. The van der Waals surface area contributed by atoms with Crippen LogP contribution in [0.1, 0.15) is 25.2 Å². The molecule has 20 heavy (non-hydrogen) atoms. The zero-order chi connectivity index (χ0) is 14.3. The molecule has 2 heterocycles. The maximum absolute atomic E-state index is 5.67. The van der Waals surface area contributed by atoms with Crippen molar-refractivity contribution in [3.63, 3.8) is 0 Å². The van der Waals surface area contributed by atoms with Crippen molar-refractivity contribution in [2.75, 3.05) is 13.7 Å². The first-order chi connectivity index (χ1) is 9.56. The maximum atomic E-state index is 5.67. The van der Waals surface area contributed by atoms with Gasteiger partial charge in [0.1, 0.15) is 0 Å². The van der Waals surface area contributed by atoms with Crippen LogP contribution in [-0.2, 0) is 4.75 Å². The summed E-state index contributed by atoms with van der Waals surface area (Å²) >= 11 is 1.97. The minimum atomic E-state index is 0.0455. The number of thioether (sulfide) groups is 1. The summed E-state index contributed by atoms with van der Waals surface area (Å²) in [5, 5.41) is 4.37. The number of fused-ring (bicyclic) bond motifs is 3. The molecule has 1 aliphatic rings. The van der Waals surface area contributed by atoms with Gasteiger partial charge in [-0.1, -0.05) is 0 Å². The van der Waals surface area contributed by atoms with E-state index in [1.807, 2.05) is 24.8 Å². The number of rotatable bonds is 3. The third-order valence-corrected chi connectivity index (χ3v) is 6.99. The summed E-state index contributed by atoms with van der Waals surface area (Å²) in [6, 6.07) is 4.09. The molecule has 0 unspecified atom stereocenters. The second kappa shape index (κ2) is 5.10. The van der Waals surface area contributed by atoms with E-state index in [9.17, 15) is 0 Å². The first-order valence-electron chi connectivity index (χ1n) is 6.44. The Hall–Kier alpha value is -0.971. The molecule has 106 valence electrons. The molecule has 0 aliphatic carbocycles. The van der Waals surface area contributed by atoms with E-state index >= 15 is 0 Å². The summed E-state index contributed by atoms with van der Waals surface area (Å²) < 4.78 is 16.8. The third kappa shape index (κ3) is 2.16. The fourth-order valence-electron chi connectivity index (χ4n) is 2.32. The standard InChI is InChI=1S/C14H16N2O2SSe/c1-5-18-10-7-11-8(6-9(10)17-4)12-13(20-16-15-12)14(2,3)19-11/h6-7H,5H2,1-4H3. The number of hydrogen-bond acceptors (Lipinski definition) is 5. The Morgan fingerprint density at radius 3 is 2.80 bits per heavy atom. The Morgan fingerprint density at radius 2 is 2.10 bits per heavy atom. The van der Waals surface area contributed by atoms with E-state index in [-0.39, 0.29) is 19.5 Å². The molecule has 1 aromatic heterocycles. The number of nitrogens with zero attached hydrogens (tertiary/aromatic N) is 2. The monoisotopic (exact) mass is 356 g/mol. The van der Waals surface area contributed by atoms with Crippen molar-refractivity contribution in [3.8, 4) is 22.8 Å². The summed E-state index contributed by atoms with van der Waals surface area (Å²) in [7, 11) is 1.67.